The molecule has 0 atom stereocenters. The summed E-state index contributed by atoms with van der Waals surface area (Å²) in [5, 5.41) is 11.8. The topological polar surface area (TPSA) is 70.1 Å². The molecule has 0 radical (unpaired) electrons. The number of aromatic amines is 1. The van der Waals surface area contributed by atoms with Gasteiger partial charge in [0.05, 0.1) is 16.9 Å². The Kier molecular flexibility index (Phi) is 5.71. The Labute approximate surface area is 161 Å². The van der Waals surface area contributed by atoms with Crippen molar-refractivity contribution in [3.8, 4) is 11.3 Å². The van der Waals surface area contributed by atoms with E-state index < -0.39 is 5.91 Å². The van der Waals surface area contributed by atoms with Crippen molar-refractivity contribution in [3.05, 3.63) is 75.4 Å². The summed E-state index contributed by atoms with van der Waals surface area (Å²) in [7, 11) is 0. The molecular formula is C19H16Cl2N4O. The van der Waals surface area contributed by atoms with Gasteiger partial charge in [0.1, 0.15) is 5.69 Å². The Balaban J connectivity index is 1.66. The summed E-state index contributed by atoms with van der Waals surface area (Å²) >= 11 is 11.9. The lowest BCUT2D eigenvalue weighted by Gasteiger charge is -1.99. The van der Waals surface area contributed by atoms with E-state index in [0.29, 0.717) is 27.0 Å². The fourth-order valence-electron chi connectivity index (χ4n) is 2.32. The lowest BCUT2D eigenvalue weighted by atomic mass is 10.1. The second-order valence-corrected chi connectivity index (χ2v) is 6.43. The number of carbonyl (C=O) groups excluding carboxylic acids is 1. The summed E-state index contributed by atoms with van der Waals surface area (Å²) in [4.78, 5) is 12.2. The number of carbonyl (C=O) groups is 1. The van der Waals surface area contributed by atoms with Crippen LogP contribution in [0.2, 0.25) is 10.0 Å². The van der Waals surface area contributed by atoms with Gasteiger partial charge in [-0.25, -0.2) is 5.43 Å². The van der Waals surface area contributed by atoms with E-state index in [9.17, 15) is 4.79 Å². The molecule has 0 bridgehead atoms. The highest BCUT2D eigenvalue weighted by Crippen LogP contribution is 2.20. The van der Waals surface area contributed by atoms with Crippen LogP contribution >= 0.6 is 23.2 Å². The van der Waals surface area contributed by atoms with Crippen molar-refractivity contribution in [2.24, 2.45) is 5.10 Å². The van der Waals surface area contributed by atoms with Crippen LogP contribution in [0.15, 0.2) is 53.6 Å². The van der Waals surface area contributed by atoms with E-state index in [1.54, 1.807) is 24.3 Å². The van der Waals surface area contributed by atoms with Crippen molar-refractivity contribution >= 4 is 35.3 Å². The van der Waals surface area contributed by atoms with Crippen LogP contribution in [0.5, 0.6) is 0 Å². The molecule has 26 heavy (non-hydrogen) atoms. The van der Waals surface area contributed by atoms with E-state index >= 15 is 0 Å². The van der Waals surface area contributed by atoms with Gasteiger partial charge in [0.25, 0.3) is 5.91 Å². The highest BCUT2D eigenvalue weighted by molar-refractivity contribution is 6.36. The molecule has 132 valence electrons. The third-order valence-electron chi connectivity index (χ3n) is 3.81. The number of rotatable bonds is 5. The van der Waals surface area contributed by atoms with Crippen LogP contribution in [0.3, 0.4) is 0 Å². The number of halogens is 2. The lowest BCUT2D eigenvalue weighted by Crippen LogP contribution is -2.18. The maximum atomic E-state index is 12.2. The molecule has 0 spiro atoms. The first kappa shape index (κ1) is 18.2. The SMILES string of the molecule is CCc1ccc(-c2cc(C(=O)N/N=C\c3ccc(Cl)cc3Cl)[nH]n2)cc1. The largest absolute Gasteiger partial charge is 0.289 e. The Morgan fingerprint density at radius 3 is 2.65 bits per heavy atom. The molecule has 2 N–H and O–H groups in total. The van der Waals surface area contributed by atoms with Crippen molar-refractivity contribution in [2.75, 3.05) is 0 Å². The smallest absolute Gasteiger partial charge is 0.272 e. The Morgan fingerprint density at radius 2 is 1.96 bits per heavy atom. The van der Waals surface area contributed by atoms with Gasteiger partial charge in [-0.05, 0) is 30.2 Å². The summed E-state index contributed by atoms with van der Waals surface area (Å²) in [5.74, 6) is -0.393. The zero-order valence-corrected chi connectivity index (χ0v) is 15.5. The van der Waals surface area contributed by atoms with Gasteiger partial charge in [0, 0.05) is 16.1 Å². The van der Waals surface area contributed by atoms with Gasteiger partial charge < -0.3 is 0 Å². The number of benzene rings is 2. The van der Waals surface area contributed by atoms with E-state index in [1.807, 2.05) is 24.3 Å². The molecule has 7 heteroatoms. The molecule has 0 saturated heterocycles. The molecule has 0 fully saturated rings. The molecule has 0 aliphatic heterocycles. The quantitative estimate of drug-likeness (QED) is 0.492. The number of aromatic nitrogens is 2. The van der Waals surface area contributed by atoms with Crippen molar-refractivity contribution in [2.45, 2.75) is 13.3 Å². The summed E-state index contributed by atoms with van der Waals surface area (Å²) < 4.78 is 0. The van der Waals surface area contributed by atoms with Crippen LogP contribution in [0.25, 0.3) is 11.3 Å². The van der Waals surface area contributed by atoms with Crippen molar-refractivity contribution < 1.29 is 4.79 Å². The van der Waals surface area contributed by atoms with Gasteiger partial charge >= 0.3 is 0 Å². The number of hydrazone groups is 1. The summed E-state index contributed by atoms with van der Waals surface area (Å²) in [6.07, 6.45) is 2.43. The number of amides is 1. The minimum atomic E-state index is -0.393. The molecule has 2 aromatic carbocycles. The highest BCUT2D eigenvalue weighted by atomic mass is 35.5. The summed E-state index contributed by atoms with van der Waals surface area (Å²) in [6.45, 7) is 2.10. The van der Waals surface area contributed by atoms with E-state index in [-0.39, 0.29) is 0 Å². The fourth-order valence-corrected chi connectivity index (χ4v) is 2.78. The molecule has 5 nitrogen and oxygen atoms in total. The van der Waals surface area contributed by atoms with Crippen molar-refractivity contribution in [1.29, 1.82) is 0 Å². The Bertz CT molecular complexity index is 948. The molecular weight excluding hydrogens is 371 g/mol. The predicted octanol–water partition coefficient (Wildman–Crippen LogP) is 4.71. The number of hydrogen-bond donors (Lipinski definition) is 2. The standard InChI is InChI=1S/C19H16Cl2N4O/c1-2-12-3-5-13(6-4-12)17-10-18(24-23-17)19(26)25-22-11-14-7-8-15(20)9-16(14)21/h3-11H,2H2,1H3,(H,23,24)(H,25,26)/b22-11-. The number of hydrogen-bond acceptors (Lipinski definition) is 3. The first-order chi connectivity index (χ1) is 12.6. The van der Waals surface area contributed by atoms with Crippen LogP contribution in [-0.2, 0) is 6.42 Å². The van der Waals surface area contributed by atoms with Gasteiger partial charge in [-0.3, -0.25) is 9.89 Å². The third kappa shape index (κ3) is 4.31. The predicted molar refractivity (Wildman–Crippen MR) is 105 cm³/mol. The first-order valence-corrected chi connectivity index (χ1v) is 8.75. The Morgan fingerprint density at radius 1 is 1.19 bits per heavy atom. The van der Waals surface area contributed by atoms with Gasteiger partial charge in [0.2, 0.25) is 0 Å². The minimum absolute atomic E-state index is 0.318. The molecule has 0 saturated carbocycles. The molecule has 0 aliphatic rings. The second kappa shape index (κ2) is 8.17. The fraction of sp³-hybridized carbons (Fsp3) is 0.105. The zero-order chi connectivity index (χ0) is 18.5. The molecule has 1 heterocycles. The summed E-state index contributed by atoms with van der Waals surface area (Å²) in [6, 6.07) is 14.8. The minimum Gasteiger partial charge on any atom is -0.272 e. The van der Waals surface area contributed by atoms with Crippen LogP contribution in [0, 0.1) is 0 Å². The van der Waals surface area contributed by atoms with Gasteiger partial charge in [0.15, 0.2) is 0 Å². The highest BCUT2D eigenvalue weighted by Gasteiger charge is 2.10. The van der Waals surface area contributed by atoms with Crippen molar-refractivity contribution in [3.63, 3.8) is 0 Å². The maximum Gasteiger partial charge on any atom is 0.289 e. The number of nitrogens with zero attached hydrogens (tertiary/aromatic N) is 2. The molecule has 3 rings (SSSR count). The molecule has 3 aromatic rings. The number of nitrogens with one attached hydrogen (secondary N) is 2. The summed E-state index contributed by atoms with van der Waals surface area (Å²) in [5.41, 5.74) is 6.29. The second-order valence-electron chi connectivity index (χ2n) is 5.58. The lowest BCUT2D eigenvalue weighted by molar-refractivity contribution is 0.0950. The van der Waals surface area contributed by atoms with Gasteiger partial charge in [-0.15, -0.1) is 0 Å². The average Bonchev–Trinajstić information content (AvgIpc) is 3.14. The number of aryl methyl sites for hydroxylation is 1. The van der Waals surface area contributed by atoms with Gasteiger partial charge in [-0.1, -0.05) is 60.5 Å². The van der Waals surface area contributed by atoms with Crippen LogP contribution in [-0.4, -0.2) is 22.3 Å². The Hall–Kier alpha value is -2.63. The first-order valence-electron chi connectivity index (χ1n) is 8.00. The van der Waals surface area contributed by atoms with E-state index in [0.717, 1.165) is 12.0 Å². The van der Waals surface area contributed by atoms with E-state index in [4.69, 9.17) is 23.2 Å². The normalized spacial score (nSPS) is 11.0. The van der Waals surface area contributed by atoms with Crippen LogP contribution in [0.4, 0.5) is 0 Å². The molecule has 0 unspecified atom stereocenters. The molecule has 1 amide bonds. The van der Waals surface area contributed by atoms with Crippen LogP contribution in [0.1, 0.15) is 28.5 Å². The average molecular weight is 387 g/mol. The van der Waals surface area contributed by atoms with Gasteiger partial charge in [-0.2, -0.15) is 10.2 Å². The monoisotopic (exact) mass is 386 g/mol. The zero-order valence-electron chi connectivity index (χ0n) is 14.0. The third-order valence-corrected chi connectivity index (χ3v) is 4.38. The molecule has 0 aliphatic carbocycles. The van der Waals surface area contributed by atoms with E-state index in [1.165, 1.54) is 11.8 Å². The van der Waals surface area contributed by atoms with Crippen LogP contribution < -0.4 is 5.43 Å². The van der Waals surface area contributed by atoms with E-state index in [2.05, 4.69) is 27.6 Å². The molecule has 1 aromatic heterocycles. The maximum absolute atomic E-state index is 12.2. The number of H-pyrrole nitrogens is 1. The van der Waals surface area contributed by atoms with Crippen molar-refractivity contribution in [1.82, 2.24) is 15.6 Å².